The fraction of sp³-hybridized carbons (Fsp3) is 0.667. The lowest BCUT2D eigenvalue weighted by molar-refractivity contribution is 0.311. The summed E-state index contributed by atoms with van der Waals surface area (Å²) >= 11 is 3.47. The third kappa shape index (κ3) is 2.75. The van der Waals surface area contributed by atoms with Gasteiger partial charge in [0.15, 0.2) is 0 Å². The van der Waals surface area contributed by atoms with Crippen molar-refractivity contribution in [3.05, 3.63) is 10.2 Å². The second kappa shape index (κ2) is 5.40. The average Bonchev–Trinajstić information content (AvgIpc) is 2.33. The minimum Gasteiger partial charge on any atom is -0.383 e. The molecule has 0 bridgehead atoms. The van der Waals surface area contributed by atoms with Crippen molar-refractivity contribution in [2.45, 2.75) is 19.8 Å². The van der Waals surface area contributed by atoms with E-state index in [1.165, 1.54) is 0 Å². The molecule has 6 heteroatoms. The van der Waals surface area contributed by atoms with Gasteiger partial charge in [-0.25, -0.2) is 4.98 Å². The topological polar surface area (TPSA) is 58.3 Å². The molecule has 1 aromatic heterocycles. The number of hydrogen-bond acceptors (Lipinski definition) is 5. The first-order chi connectivity index (χ1) is 8.49. The normalized spacial score (nSPS) is 17.5. The molecule has 0 aliphatic carbocycles. The van der Waals surface area contributed by atoms with Gasteiger partial charge in [0.2, 0.25) is 5.95 Å². The summed E-state index contributed by atoms with van der Waals surface area (Å²) in [5.74, 6) is 1.62. The summed E-state index contributed by atoms with van der Waals surface area (Å²) < 4.78 is 0.829. The van der Waals surface area contributed by atoms with Crippen LogP contribution in [0.1, 0.15) is 25.5 Å². The summed E-state index contributed by atoms with van der Waals surface area (Å²) in [5.41, 5.74) is 6.94. The molecule has 1 fully saturated rings. The standard InChI is InChI=1S/C12H20BrN5/c1-8(2)10-9(13)11(14)16-12(15-10)18-6-4-17(3)5-7-18/h8H,4-7H2,1-3H3,(H2,14,15,16). The fourth-order valence-corrected chi connectivity index (χ4v) is 2.64. The molecule has 1 aromatic rings. The molecule has 2 rings (SSSR count). The Morgan fingerprint density at radius 3 is 2.33 bits per heavy atom. The highest BCUT2D eigenvalue weighted by Crippen LogP contribution is 2.29. The monoisotopic (exact) mass is 313 g/mol. The number of nitrogens with two attached hydrogens (primary N) is 1. The predicted molar refractivity (Wildman–Crippen MR) is 77.9 cm³/mol. The first-order valence-electron chi connectivity index (χ1n) is 6.25. The van der Waals surface area contributed by atoms with E-state index in [0.717, 1.165) is 42.3 Å². The van der Waals surface area contributed by atoms with Gasteiger partial charge < -0.3 is 15.5 Å². The van der Waals surface area contributed by atoms with Crippen molar-refractivity contribution >= 4 is 27.7 Å². The van der Waals surface area contributed by atoms with Crippen molar-refractivity contribution in [2.75, 3.05) is 43.9 Å². The van der Waals surface area contributed by atoms with Crippen molar-refractivity contribution in [1.82, 2.24) is 14.9 Å². The summed E-state index contributed by atoms with van der Waals surface area (Å²) in [7, 11) is 2.13. The van der Waals surface area contributed by atoms with Crippen molar-refractivity contribution < 1.29 is 0 Å². The van der Waals surface area contributed by atoms with Crippen LogP contribution in [-0.2, 0) is 0 Å². The summed E-state index contributed by atoms with van der Waals surface area (Å²) in [6.45, 7) is 8.21. The average molecular weight is 314 g/mol. The number of rotatable bonds is 2. The molecule has 18 heavy (non-hydrogen) atoms. The van der Waals surface area contributed by atoms with Crippen LogP contribution in [-0.4, -0.2) is 48.1 Å². The van der Waals surface area contributed by atoms with Crippen LogP contribution in [0.2, 0.25) is 0 Å². The van der Waals surface area contributed by atoms with Gasteiger partial charge in [0, 0.05) is 26.2 Å². The number of aromatic nitrogens is 2. The van der Waals surface area contributed by atoms with Crippen LogP contribution in [0.5, 0.6) is 0 Å². The number of nitrogens with zero attached hydrogens (tertiary/aromatic N) is 4. The summed E-state index contributed by atoms with van der Waals surface area (Å²) in [6, 6.07) is 0. The molecule has 1 aliphatic heterocycles. The number of piperazine rings is 1. The second-order valence-corrected chi connectivity index (χ2v) is 5.85. The zero-order valence-corrected chi connectivity index (χ0v) is 12.7. The van der Waals surface area contributed by atoms with E-state index in [9.17, 15) is 0 Å². The van der Waals surface area contributed by atoms with Crippen LogP contribution in [0.3, 0.4) is 0 Å². The zero-order valence-electron chi connectivity index (χ0n) is 11.1. The van der Waals surface area contributed by atoms with Gasteiger partial charge in [-0.1, -0.05) is 13.8 Å². The van der Waals surface area contributed by atoms with Crippen LogP contribution in [0.4, 0.5) is 11.8 Å². The van der Waals surface area contributed by atoms with Crippen LogP contribution < -0.4 is 10.6 Å². The van der Waals surface area contributed by atoms with Crippen molar-refractivity contribution in [2.24, 2.45) is 0 Å². The van der Waals surface area contributed by atoms with Gasteiger partial charge >= 0.3 is 0 Å². The highest BCUT2D eigenvalue weighted by molar-refractivity contribution is 9.10. The molecule has 2 N–H and O–H groups in total. The van der Waals surface area contributed by atoms with Crippen molar-refractivity contribution in [1.29, 1.82) is 0 Å². The van der Waals surface area contributed by atoms with E-state index < -0.39 is 0 Å². The fourth-order valence-electron chi connectivity index (χ4n) is 2.00. The molecule has 0 aromatic carbocycles. The lowest BCUT2D eigenvalue weighted by atomic mass is 10.1. The molecule has 1 aliphatic rings. The van der Waals surface area contributed by atoms with E-state index in [0.29, 0.717) is 11.7 Å². The molecule has 1 saturated heterocycles. The minimum atomic E-state index is 0.330. The van der Waals surface area contributed by atoms with Gasteiger partial charge in [-0.2, -0.15) is 4.98 Å². The van der Waals surface area contributed by atoms with Gasteiger partial charge in [0.1, 0.15) is 5.82 Å². The number of nitrogen functional groups attached to an aromatic ring is 1. The van der Waals surface area contributed by atoms with Crippen LogP contribution in [0.15, 0.2) is 4.47 Å². The molecular weight excluding hydrogens is 294 g/mol. The summed E-state index contributed by atoms with van der Waals surface area (Å²) in [6.07, 6.45) is 0. The summed E-state index contributed by atoms with van der Waals surface area (Å²) in [5, 5.41) is 0. The molecule has 0 atom stereocenters. The Hall–Kier alpha value is -0.880. The smallest absolute Gasteiger partial charge is 0.227 e. The number of anilines is 2. The third-order valence-electron chi connectivity index (χ3n) is 3.22. The molecule has 0 unspecified atom stereocenters. The van der Waals surface area contributed by atoms with Crippen molar-refractivity contribution in [3.63, 3.8) is 0 Å². The molecule has 2 heterocycles. The molecular formula is C12H20BrN5. The SMILES string of the molecule is CC(C)c1nc(N2CCN(C)CC2)nc(N)c1Br. The highest BCUT2D eigenvalue weighted by Gasteiger charge is 2.20. The Balaban J connectivity index is 2.28. The van der Waals surface area contributed by atoms with Crippen LogP contribution >= 0.6 is 15.9 Å². The van der Waals surface area contributed by atoms with Gasteiger partial charge in [-0.3, -0.25) is 0 Å². The molecule has 0 spiro atoms. The second-order valence-electron chi connectivity index (χ2n) is 5.05. The first kappa shape index (κ1) is 13.5. The van der Waals surface area contributed by atoms with E-state index >= 15 is 0 Å². The quantitative estimate of drug-likeness (QED) is 0.900. The lowest BCUT2D eigenvalue weighted by Gasteiger charge is -2.32. The van der Waals surface area contributed by atoms with E-state index in [4.69, 9.17) is 5.73 Å². The molecule has 0 saturated carbocycles. The lowest BCUT2D eigenvalue weighted by Crippen LogP contribution is -2.45. The van der Waals surface area contributed by atoms with E-state index in [1.54, 1.807) is 0 Å². The number of likely N-dealkylation sites (N-methyl/N-ethyl adjacent to an activating group) is 1. The van der Waals surface area contributed by atoms with E-state index in [1.807, 2.05) is 0 Å². The Bertz CT molecular complexity index is 427. The zero-order chi connectivity index (χ0) is 13.3. The molecule has 100 valence electrons. The first-order valence-corrected chi connectivity index (χ1v) is 7.04. The maximum absolute atomic E-state index is 5.96. The Morgan fingerprint density at radius 1 is 1.17 bits per heavy atom. The minimum absolute atomic E-state index is 0.330. The number of halogens is 1. The summed E-state index contributed by atoms with van der Waals surface area (Å²) in [4.78, 5) is 13.6. The van der Waals surface area contributed by atoms with E-state index in [2.05, 4.69) is 56.6 Å². The van der Waals surface area contributed by atoms with E-state index in [-0.39, 0.29) is 0 Å². The number of hydrogen-bond donors (Lipinski definition) is 1. The third-order valence-corrected chi connectivity index (χ3v) is 4.04. The Labute approximate surface area is 117 Å². The highest BCUT2D eigenvalue weighted by atomic mass is 79.9. The van der Waals surface area contributed by atoms with Gasteiger partial charge in [0.05, 0.1) is 10.2 Å². The molecule has 0 amide bonds. The van der Waals surface area contributed by atoms with Crippen LogP contribution in [0.25, 0.3) is 0 Å². The predicted octanol–water partition coefficient (Wildman–Crippen LogP) is 1.70. The van der Waals surface area contributed by atoms with Crippen molar-refractivity contribution in [3.8, 4) is 0 Å². The maximum Gasteiger partial charge on any atom is 0.227 e. The van der Waals surface area contributed by atoms with Gasteiger partial charge in [-0.05, 0) is 28.9 Å². The van der Waals surface area contributed by atoms with Crippen LogP contribution in [0, 0.1) is 0 Å². The molecule has 5 nitrogen and oxygen atoms in total. The van der Waals surface area contributed by atoms with Gasteiger partial charge in [-0.15, -0.1) is 0 Å². The molecule has 0 radical (unpaired) electrons. The Morgan fingerprint density at radius 2 is 1.78 bits per heavy atom. The maximum atomic E-state index is 5.96. The largest absolute Gasteiger partial charge is 0.383 e. The van der Waals surface area contributed by atoms with Gasteiger partial charge in [0.25, 0.3) is 0 Å². The Kier molecular flexibility index (Phi) is 4.07.